The van der Waals surface area contributed by atoms with Crippen LogP contribution >= 0.6 is 11.3 Å². The van der Waals surface area contributed by atoms with Crippen molar-refractivity contribution in [2.45, 2.75) is 39.7 Å². The molecule has 7 nitrogen and oxygen atoms in total. The number of hydrogen-bond donors (Lipinski definition) is 2. The van der Waals surface area contributed by atoms with Crippen LogP contribution < -0.4 is 16.6 Å². The molecule has 1 aliphatic carbocycles. The molecule has 1 fully saturated rings. The van der Waals surface area contributed by atoms with Gasteiger partial charge in [-0.3, -0.25) is 9.36 Å². The SMILES string of the molecule is CC(C)(C)CNc1cc(N)c2nc(-c3nccs3)c(=O)n(C3CC3)c2n1. The molecule has 0 bridgehead atoms. The fraction of sp³-hybridized carbons (Fsp3) is 0.444. The predicted octanol–water partition coefficient (Wildman–Crippen LogP) is 3.29. The molecule has 1 aliphatic rings. The van der Waals surface area contributed by atoms with Crippen molar-refractivity contribution < 1.29 is 0 Å². The Morgan fingerprint density at radius 2 is 2.12 bits per heavy atom. The molecule has 0 radical (unpaired) electrons. The van der Waals surface area contributed by atoms with Crippen LogP contribution in [0.1, 0.15) is 39.7 Å². The first kappa shape index (κ1) is 17.0. The Bertz CT molecular complexity index is 1010. The van der Waals surface area contributed by atoms with Gasteiger partial charge in [0.15, 0.2) is 11.3 Å². The van der Waals surface area contributed by atoms with Crippen LogP contribution in [0, 0.1) is 5.41 Å². The molecule has 0 aromatic carbocycles. The Labute approximate surface area is 155 Å². The van der Waals surface area contributed by atoms with Gasteiger partial charge in [0.1, 0.15) is 16.3 Å². The number of nitrogens with one attached hydrogen (secondary N) is 1. The third kappa shape index (κ3) is 3.16. The predicted molar refractivity (Wildman–Crippen MR) is 106 cm³/mol. The smallest absolute Gasteiger partial charge is 0.281 e. The summed E-state index contributed by atoms with van der Waals surface area (Å²) in [7, 11) is 0. The lowest BCUT2D eigenvalue weighted by Gasteiger charge is -2.20. The van der Waals surface area contributed by atoms with E-state index in [1.54, 1.807) is 16.8 Å². The highest BCUT2D eigenvalue weighted by atomic mass is 32.1. The summed E-state index contributed by atoms with van der Waals surface area (Å²) >= 11 is 1.40. The Hall–Kier alpha value is -2.48. The minimum Gasteiger partial charge on any atom is -0.397 e. The van der Waals surface area contributed by atoms with Crippen LogP contribution in [-0.4, -0.2) is 26.1 Å². The van der Waals surface area contributed by atoms with Gasteiger partial charge in [-0.25, -0.2) is 15.0 Å². The highest BCUT2D eigenvalue weighted by molar-refractivity contribution is 7.13. The molecule has 4 rings (SSSR count). The van der Waals surface area contributed by atoms with E-state index in [2.05, 4.69) is 41.0 Å². The number of nitrogen functional groups attached to an aromatic ring is 1. The van der Waals surface area contributed by atoms with Gasteiger partial charge in [0.05, 0.1) is 5.69 Å². The first-order chi connectivity index (χ1) is 12.3. The zero-order valence-corrected chi connectivity index (χ0v) is 15.9. The lowest BCUT2D eigenvalue weighted by atomic mass is 9.97. The van der Waals surface area contributed by atoms with Crippen LogP contribution in [0.25, 0.3) is 21.9 Å². The summed E-state index contributed by atoms with van der Waals surface area (Å²) in [4.78, 5) is 26.5. The Morgan fingerprint density at radius 3 is 2.73 bits per heavy atom. The monoisotopic (exact) mass is 370 g/mol. The summed E-state index contributed by atoms with van der Waals surface area (Å²) in [6.45, 7) is 7.19. The van der Waals surface area contributed by atoms with Crippen molar-refractivity contribution in [2.24, 2.45) is 5.41 Å². The van der Waals surface area contributed by atoms with Gasteiger partial charge in [0, 0.05) is 30.2 Å². The van der Waals surface area contributed by atoms with Gasteiger partial charge < -0.3 is 11.1 Å². The number of thiazole rings is 1. The van der Waals surface area contributed by atoms with Crippen LogP contribution in [0.2, 0.25) is 0 Å². The highest BCUT2D eigenvalue weighted by Crippen LogP contribution is 2.37. The number of pyridine rings is 1. The van der Waals surface area contributed by atoms with Gasteiger partial charge in [0.25, 0.3) is 5.56 Å². The maximum absolute atomic E-state index is 13.1. The van der Waals surface area contributed by atoms with Gasteiger partial charge >= 0.3 is 0 Å². The summed E-state index contributed by atoms with van der Waals surface area (Å²) in [6.07, 6.45) is 3.61. The average Bonchev–Trinajstić information content (AvgIpc) is 3.25. The van der Waals surface area contributed by atoms with Crippen molar-refractivity contribution in [3.63, 3.8) is 0 Å². The molecule has 1 saturated carbocycles. The van der Waals surface area contributed by atoms with Crippen molar-refractivity contribution in [1.29, 1.82) is 0 Å². The van der Waals surface area contributed by atoms with E-state index < -0.39 is 0 Å². The molecule has 3 aromatic heterocycles. The number of nitrogens with zero attached hydrogens (tertiary/aromatic N) is 4. The van der Waals surface area contributed by atoms with E-state index in [9.17, 15) is 4.79 Å². The number of hydrogen-bond acceptors (Lipinski definition) is 7. The number of anilines is 2. The number of nitrogens with two attached hydrogens (primary N) is 1. The van der Waals surface area contributed by atoms with E-state index in [0.717, 1.165) is 19.4 Å². The second-order valence-corrected chi connectivity index (χ2v) is 8.78. The Morgan fingerprint density at radius 1 is 1.35 bits per heavy atom. The van der Waals surface area contributed by atoms with Gasteiger partial charge in [-0.15, -0.1) is 11.3 Å². The third-order valence-corrected chi connectivity index (χ3v) is 5.00. The highest BCUT2D eigenvalue weighted by Gasteiger charge is 2.30. The largest absolute Gasteiger partial charge is 0.397 e. The van der Waals surface area contributed by atoms with Crippen molar-refractivity contribution in [3.05, 3.63) is 28.0 Å². The molecule has 0 aliphatic heterocycles. The van der Waals surface area contributed by atoms with E-state index in [0.29, 0.717) is 33.4 Å². The number of aromatic nitrogens is 4. The molecule has 0 unspecified atom stereocenters. The van der Waals surface area contributed by atoms with Crippen LogP contribution in [0.4, 0.5) is 11.5 Å². The van der Waals surface area contributed by atoms with Gasteiger partial charge in [0.2, 0.25) is 0 Å². The molecule has 3 aromatic rings. The van der Waals surface area contributed by atoms with E-state index in [-0.39, 0.29) is 17.0 Å². The summed E-state index contributed by atoms with van der Waals surface area (Å²) in [5.41, 5.74) is 8.22. The molecule has 26 heavy (non-hydrogen) atoms. The second-order valence-electron chi connectivity index (χ2n) is 7.89. The van der Waals surface area contributed by atoms with Gasteiger partial charge in [-0.05, 0) is 18.3 Å². The van der Waals surface area contributed by atoms with Crippen molar-refractivity contribution in [3.8, 4) is 10.7 Å². The molecule has 0 saturated heterocycles. The van der Waals surface area contributed by atoms with Crippen LogP contribution in [-0.2, 0) is 0 Å². The van der Waals surface area contributed by atoms with Crippen molar-refractivity contribution >= 4 is 34.0 Å². The first-order valence-corrected chi connectivity index (χ1v) is 9.58. The molecule has 3 heterocycles. The van der Waals surface area contributed by atoms with Gasteiger partial charge in [-0.1, -0.05) is 20.8 Å². The van der Waals surface area contributed by atoms with Crippen molar-refractivity contribution in [1.82, 2.24) is 19.5 Å². The Balaban J connectivity index is 1.90. The quantitative estimate of drug-likeness (QED) is 0.731. The standard InChI is InChI=1S/C18H22N6OS/c1-18(2,3)9-21-12-8-11(19)13-15(22-12)24(10-4-5-10)17(25)14(23-13)16-20-6-7-26-16/h6-8,10H,4-5,9H2,1-3H3,(H3,19,21,22). The summed E-state index contributed by atoms with van der Waals surface area (Å²) in [6, 6.07) is 1.95. The fourth-order valence-corrected chi connectivity index (χ4v) is 3.41. The van der Waals surface area contributed by atoms with Crippen molar-refractivity contribution in [2.75, 3.05) is 17.6 Å². The van der Waals surface area contributed by atoms with E-state index >= 15 is 0 Å². The minimum absolute atomic E-state index is 0.106. The summed E-state index contributed by atoms with van der Waals surface area (Å²) in [5.74, 6) is 0.669. The second kappa shape index (κ2) is 6.05. The molecule has 0 spiro atoms. The van der Waals surface area contributed by atoms with Gasteiger partial charge in [-0.2, -0.15) is 0 Å². The first-order valence-electron chi connectivity index (χ1n) is 8.70. The average molecular weight is 370 g/mol. The molecule has 3 N–H and O–H groups in total. The van der Waals surface area contributed by atoms with E-state index in [4.69, 9.17) is 5.73 Å². The molecule has 136 valence electrons. The number of rotatable bonds is 4. The molecule has 8 heteroatoms. The summed E-state index contributed by atoms with van der Waals surface area (Å²) < 4.78 is 1.75. The molecule has 0 atom stereocenters. The number of fused-ring (bicyclic) bond motifs is 1. The third-order valence-electron chi connectivity index (χ3n) is 4.22. The van der Waals surface area contributed by atoms with Crippen LogP contribution in [0.15, 0.2) is 22.4 Å². The minimum atomic E-state index is -0.144. The van der Waals surface area contributed by atoms with E-state index in [1.165, 1.54) is 11.3 Å². The molecular formula is C18H22N6OS. The Kier molecular flexibility index (Phi) is 3.95. The molecular weight excluding hydrogens is 348 g/mol. The maximum Gasteiger partial charge on any atom is 0.281 e. The lowest BCUT2D eigenvalue weighted by molar-refractivity contribution is 0.442. The zero-order valence-electron chi connectivity index (χ0n) is 15.1. The topological polar surface area (TPSA) is 98.7 Å². The summed E-state index contributed by atoms with van der Waals surface area (Å²) in [5, 5.41) is 5.77. The maximum atomic E-state index is 13.1. The van der Waals surface area contributed by atoms with Crippen LogP contribution in [0.5, 0.6) is 0 Å². The normalized spacial score (nSPS) is 14.7. The molecule has 0 amide bonds. The van der Waals surface area contributed by atoms with E-state index in [1.807, 2.05) is 5.38 Å². The lowest BCUT2D eigenvalue weighted by Crippen LogP contribution is -2.25. The fourth-order valence-electron chi connectivity index (χ4n) is 2.79. The van der Waals surface area contributed by atoms with Crippen LogP contribution in [0.3, 0.4) is 0 Å². The zero-order chi connectivity index (χ0) is 18.5.